The molecular weight excluding hydrogens is 472 g/mol. The van der Waals surface area contributed by atoms with Crippen molar-refractivity contribution in [2.75, 3.05) is 13.6 Å². The van der Waals surface area contributed by atoms with E-state index in [1.54, 1.807) is 0 Å². The van der Waals surface area contributed by atoms with Gasteiger partial charge in [0.2, 0.25) is 0 Å². The van der Waals surface area contributed by atoms with Crippen molar-refractivity contribution in [1.29, 1.82) is 0 Å². The third-order valence-electron chi connectivity index (χ3n) is 9.18. The van der Waals surface area contributed by atoms with E-state index in [1.807, 2.05) is 0 Å². The molecule has 1 aliphatic heterocycles. The van der Waals surface area contributed by atoms with Gasteiger partial charge in [-0.25, -0.2) is 0 Å². The van der Waals surface area contributed by atoms with Crippen molar-refractivity contribution < 1.29 is 0 Å². The third kappa shape index (κ3) is 22.7. The lowest BCUT2D eigenvalue weighted by molar-refractivity contribution is 0.159. The number of nitrogens with zero attached hydrogens (tertiary/aromatic N) is 2. The van der Waals surface area contributed by atoms with Crippen LogP contribution in [0.25, 0.3) is 0 Å². The molecule has 0 aromatic rings. The fourth-order valence-electron chi connectivity index (χ4n) is 6.40. The molecule has 2 heteroatoms. The summed E-state index contributed by atoms with van der Waals surface area (Å²) in [6.45, 7) is 5.87. The highest BCUT2D eigenvalue weighted by atomic mass is 15.4. The van der Waals surface area contributed by atoms with Crippen LogP contribution in [-0.4, -0.2) is 29.6 Å². The second kappa shape index (κ2) is 28.9. The molecule has 1 heterocycles. The van der Waals surface area contributed by atoms with Crippen LogP contribution < -0.4 is 0 Å². The highest BCUT2D eigenvalue weighted by molar-refractivity contribution is 4.95. The monoisotopic (exact) mass is 547 g/mol. The molecule has 0 radical (unpaired) electrons. The maximum Gasteiger partial charge on any atom is 0.100 e. The molecule has 1 unspecified atom stereocenters. The van der Waals surface area contributed by atoms with E-state index < -0.39 is 0 Å². The van der Waals surface area contributed by atoms with Crippen LogP contribution in [0, 0.1) is 0 Å². The largest absolute Gasteiger partial charge is 0.359 e. The van der Waals surface area contributed by atoms with Crippen molar-refractivity contribution in [3.05, 3.63) is 12.4 Å². The lowest BCUT2D eigenvalue weighted by atomic mass is 10.0. The van der Waals surface area contributed by atoms with E-state index in [0.29, 0.717) is 6.17 Å². The van der Waals surface area contributed by atoms with Gasteiger partial charge in [0.1, 0.15) is 6.17 Å². The minimum absolute atomic E-state index is 0.620. The average Bonchev–Trinajstić information content (AvgIpc) is 3.29. The summed E-state index contributed by atoms with van der Waals surface area (Å²) in [4.78, 5) is 5.08. The molecule has 0 aromatic heterocycles. The van der Waals surface area contributed by atoms with Crippen molar-refractivity contribution in [2.45, 2.75) is 213 Å². The molecule has 0 aliphatic carbocycles. The van der Waals surface area contributed by atoms with Gasteiger partial charge in [-0.1, -0.05) is 187 Å². The van der Waals surface area contributed by atoms with Gasteiger partial charge < -0.3 is 9.80 Å². The van der Waals surface area contributed by atoms with Crippen molar-refractivity contribution in [1.82, 2.24) is 9.80 Å². The third-order valence-corrected chi connectivity index (χ3v) is 9.18. The molecule has 2 nitrogen and oxygen atoms in total. The molecule has 0 amide bonds. The fraction of sp³-hybridized carbons (Fsp3) is 0.946. The van der Waals surface area contributed by atoms with Gasteiger partial charge in [-0.05, 0) is 19.3 Å². The minimum Gasteiger partial charge on any atom is -0.359 e. The molecular formula is C37H74N2. The van der Waals surface area contributed by atoms with E-state index in [9.17, 15) is 0 Å². The maximum absolute atomic E-state index is 2.63. The first kappa shape index (κ1) is 36.4. The maximum atomic E-state index is 2.63. The average molecular weight is 547 g/mol. The fourth-order valence-corrected chi connectivity index (χ4v) is 6.40. The summed E-state index contributed by atoms with van der Waals surface area (Å²) < 4.78 is 0. The predicted molar refractivity (Wildman–Crippen MR) is 177 cm³/mol. The Morgan fingerprint density at radius 3 is 1.05 bits per heavy atom. The van der Waals surface area contributed by atoms with Crippen LogP contribution in [0.4, 0.5) is 0 Å². The zero-order valence-electron chi connectivity index (χ0n) is 27.5. The number of unbranched alkanes of at least 4 members (excludes halogenated alkanes) is 27. The summed E-state index contributed by atoms with van der Waals surface area (Å²) in [5.41, 5.74) is 0. The Bertz CT molecular complexity index is 502. The van der Waals surface area contributed by atoms with Crippen LogP contribution in [0.15, 0.2) is 12.4 Å². The van der Waals surface area contributed by atoms with Gasteiger partial charge >= 0.3 is 0 Å². The van der Waals surface area contributed by atoms with Gasteiger partial charge in [0.15, 0.2) is 0 Å². The smallest absolute Gasteiger partial charge is 0.100 e. The zero-order chi connectivity index (χ0) is 28.1. The minimum atomic E-state index is 0.620. The molecule has 0 bridgehead atoms. The second-order valence-electron chi connectivity index (χ2n) is 13.0. The molecule has 1 rings (SSSR count). The summed E-state index contributed by atoms with van der Waals surface area (Å²) in [5, 5.41) is 0. The number of hydrogen-bond donors (Lipinski definition) is 0. The van der Waals surface area contributed by atoms with Crippen LogP contribution >= 0.6 is 0 Å². The molecule has 1 atom stereocenters. The Labute approximate surface area is 248 Å². The Kier molecular flexibility index (Phi) is 26.9. The Morgan fingerprint density at radius 2 is 0.692 bits per heavy atom. The molecule has 1 aliphatic rings. The number of hydrogen-bond acceptors (Lipinski definition) is 2. The normalized spacial score (nSPS) is 15.2. The van der Waals surface area contributed by atoms with E-state index in [1.165, 1.54) is 199 Å². The van der Waals surface area contributed by atoms with Crippen LogP contribution in [0.3, 0.4) is 0 Å². The van der Waals surface area contributed by atoms with Crippen molar-refractivity contribution in [2.24, 2.45) is 0 Å². The lowest BCUT2D eigenvalue weighted by Gasteiger charge is -2.30. The van der Waals surface area contributed by atoms with Crippen LogP contribution in [-0.2, 0) is 0 Å². The summed E-state index contributed by atoms with van der Waals surface area (Å²) in [6.07, 6.45) is 48.6. The molecule has 0 saturated heterocycles. The molecule has 0 N–H and O–H groups in total. The van der Waals surface area contributed by atoms with Crippen LogP contribution in [0.1, 0.15) is 206 Å². The highest BCUT2D eigenvalue weighted by Gasteiger charge is 2.22. The summed E-state index contributed by atoms with van der Waals surface area (Å²) in [6, 6.07) is 0. The summed E-state index contributed by atoms with van der Waals surface area (Å²) in [7, 11) is 2.27. The van der Waals surface area contributed by atoms with Crippen molar-refractivity contribution in [3.8, 4) is 0 Å². The van der Waals surface area contributed by atoms with Crippen molar-refractivity contribution in [3.63, 3.8) is 0 Å². The lowest BCUT2D eigenvalue weighted by Crippen LogP contribution is -2.37. The van der Waals surface area contributed by atoms with Gasteiger partial charge in [0.25, 0.3) is 0 Å². The van der Waals surface area contributed by atoms with Gasteiger partial charge in [-0.2, -0.15) is 0 Å². The van der Waals surface area contributed by atoms with E-state index in [2.05, 4.69) is 43.1 Å². The van der Waals surface area contributed by atoms with Gasteiger partial charge in [-0.3, -0.25) is 0 Å². The molecule has 0 aromatic carbocycles. The van der Waals surface area contributed by atoms with Crippen molar-refractivity contribution >= 4 is 0 Å². The molecule has 0 fully saturated rings. The number of rotatable bonds is 31. The SMILES string of the molecule is CCCCCCCCCCCCCCCCCCCN1C=CN(C)C1CCCCCCCCCCCCCC. The van der Waals surface area contributed by atoms with Crippen LogP contribution in [0.5, 0.6) is 0 Å². The Morgan fingerprint density at radius 1 is 0.385 bits per heavy atom. The standard InChI is InChI=1S/C37H74N2/c1-4-6-8-10-12-14-16-18-19-20-21-22-24-26-28-30-32-34-39-36-35-38(3)37(39)33-31-29-27-25-23-17-15-13-11-9-7-5-2/h35-37H,4-34H2,1-3H3. The first-order valence-electron chi connectivity index (χ1n) is 18.5. The van der Waals surface area contributed by atoms with Crippen LogP contribution in [0.2, 0.25) is 0 Å². The second-order valence-corrected chi connectivity index (χ2v) is 13.0. The first-order chi connectivity index (χ1) is 19.3. The molecule has 232 valence electrons. The van der Waals surface area contributed by atoms with E-state index >= 15 is 0 Å². The Balaban J connectivity index is 1.86. The van der Waals surface area contributed by atoms with E-state index in [-0.39, 0.29) is 0 Å². The quantitative estimate of drug-likeness (QED) is 0.0798. The van der Waals surface area contributed by atoms with Gasteiger partial charge in [0, 0.05) is 26.0 Å². The van der Waals surface area contributed by atoms with E-state index in [0.717, 1.165) is 0 Å². The molecule has 0 spiro atoms. The molecule has 0 saturated carbocycles. The first-order valence-corrected chi connectivity index (χ1v) is 18.5. The Hall–Kier alpha value is -0.660. The topological polar surface area (TPSA) is 6.48 Å². The van der Waals surface area contributed by atoms with Gasteiger partial charge in [-0.15, -0.1) is 0 Å². The predicted octanol–water partition coefficient (Wildman–Crippen LogP) is 12.8. The highest BCUT2D eigenvalue weighted by Crippen LogP contribution is 2.22. The molecule has 39 heavy (non-hydrogen) atoms. The summed E-state index contributed by atoms with van der Waals surface area (Å²) >= 11 is 0. The summed E-state index contributed by atoms with van der Waals surface area (Å²) in [5.74, 6) is 0. The van der Waals surface area contributed by atoms with Gasteiger partial charge in [0.05, 0.1) is 0 Å². The zero-order valence-corrected chi connectivity index (χ0v) is 27.5. The van der Waals surface area contributed by atoms with E-state index in [4.69, 9.17) is 0 Å².